The zero-order valence-electron chi connectivity index (χ0n) is 12.4. The smallest absolute Gasteiger partial charge is 0.274 e. The van der Waals surface area contributed by atoms with Gasteiger partial charge in [-0.25, -0.2) is 9.97 Å². The lowest BCUT2D eigenvalue weighted by atomic mass is 10.3. The molecule has 6 heteroatoms. The Hall–Kier alpha value is -1.95. The molecule has 5 nitrogen and oxygen atoms in total. The first-order valence-electron chi connectivity index (χ1n) is 7.12. The molecular weight excluding hydrogens is 284 g/mol. The van der Waals surface area contributed by atoms with E-state index < -0.39 is 0 Å². The van der Waals surface area contributed by atoms with Crippen LogP contribution in [0.3, 0.4) is 0 Å². The standard InChI is InChI=1S/C15H20N4OS/c1-3-7-16-14-10-17-13(9-18-14)15(20)19(4-2)11-12-6-5-8-21-12/h5-6,8-10H,3-4,7,11H2,1-2H3,(H,16,18). The highest BCUT2D eigenvalue weighted by atomic mass is 32.1. The monoisotopic (exact) mass is 304 g/mol. The normalized spacial score (nSPS) is 10.4. The molecule has 2 aromatic heterocycles. The van der Waals surface area contributed by atoms with E-state index in [1.54, 1.807) is 22.4 Å². The molecule has 0 aliphatic heterocycles. The van der Waals surface area contributed by atoms with Crippen LogP contribution in [-0.4, -0.2) is 33.9 Å². The fraction of sp³-hybridized carbons (Fsp3) is 0.400. The average Bonchev–Trinajstić information content (AvgIpc) is 3.03. The van der Waals surface area contributed by atoms with Crippen LogP contribution >= 0.6 is 11.3 Å². The van der Waals surface area contributed by atoms with E-state index >= 15 is 0 Å². The Bertz CT molecular complexity index is 554. The Morgan fingerprint density at radius 1 is 1.33 bits per heavy atom. The molecule has 0 fully saturated rings. The number of rotatable bonds is 7. The number of thiophene rings is 1. The lowest BCUT2D eigenvalue weighted by Crippen LogP contribution is -2.30. The molecular formula is C15H20N4OS. The quantitative estimate of drug-likeness (QED) is 0.854. The van der Waals surface area contributed by atoms with Crippen LogP contribution in [0.1, 0.15) is 35.6 Å². The van der Waals surface area contributed by atoms with Crippen molar-refractivity contribution in [1.82, 2.24) is 14.9 Å². The zero-order chi connectivity index (χ0) is 15.1. The van der Waals surface area contributed by atoms with Gasteiger partial charge >= 0.3 is 0 Å². The maximum Gasteiger partial charge on any atom is 0.274 e. The summed E-state index contributed by atoms with van der Waals surface area (Å²) in [7, 11) is 0. The predicted octanol–water partition coefficient (Wildman–Crippen LogP) is 3.02. The van der Waals surface area contributed by atoms with Crippen molar-refractivity contribution in [2.45, 2.75) is 26.8 Å². The fourth-order valence-corrected chi connectivity index (χ4v) is 2.58. The lowest BCUT2D eigenvalue weighted by molar-refractivity contribution is 0.0748. The molecule has 0 radical (unpaired) electrons. The van der Waals surface area contributed by atoms with Gasteiger partial charge in [-0.05, 0) is 24.8 Å². The van der Waals surface area contributed by atoms with Gasteiger partial charge in [0.15, 0.2) is 0 Å². The molecule has 0 saturated carbocycles. The first-order valence-corrected chi connectivity index (χ1v) is 8.00. The summed E-state index contributed by atoms with van der Waals surface area (Å²) in [5.41, 5.74) is 0.385. The maximum absolute atomic E-state index is 12.4. The number of hydrogen-bond acceptors (Lipinski definition) is 5. The third kappa shape index (κ3) is 4.26. The molecule has 0 spiro atoms. The number of carbonyl (C=O) groups excluding carboxylic acids is 1. The highest BCUT2D eigenvalue weighted by Gasteiger charge is 2.16. The van der Waals surface area contributed by atoms with Gasteiger partial charge in [0.25, 0.3) is 5.91 Å². The van der Waals surface area contributed by atoms with Crippen molar-refractivity contribution < 1.29 is 4.79 Å². The van der Waals surface area contributed by atoms with Crippen LogP contribution in [0.2, 0.25) is 0 Å². The van der Waals surface area contributed by atoms with E-state index in [9.17, 15) is 4.79 Å². The summed E-state index contributed by atoms with van der Waals surface area (Å²) in [5, 5.41) is 5.16. The van der Waals surface area contributed by atoms with E-state index in [1.807, 2.05) is 24.4 Å². The van der Waals surface area contributed by atoms with E-state index in [0.29, 0.717) is 24.6 Å². The second-order valence-corrected chi connectivity index (χ2v) is 5.64. The first kappa shape index (κ1) is 15.4. The summed E-state index contributed by atoms with van der Waals surface area (Å²) in [4.78, 5) is 23.8. The van der Waals surface area contributed by atoms with Gasteiger partial charge in [-0.1, -0.05) is 13.0 Å². The number of hydrogen-bond donors (Lipinski definition) is 1. The van der Waals surface area contributed by atoms with Crippen molar-refractivity contribution >= 4 is 23.1 Å². The Morgan fingerprint density at radius 2 is 2.19 bits per heavy atom. The number of carbonyl (C=O) groups is 1. The molecule has 112 valence electrons. The van der Waals surface area contributed by atoms with Crippen molar-refractivity contribution in [3.8, 4) is 0 Å². The van der Waals surface area contributed by atoms with Gasteiger partial charge in [0, 0.05) is 18.0 Å². The minimum Gasteiger partial charge on any atom is -0.369 e. The van der Waals surface area contributed by atoms with E-state index in [-0.39, 0.29) is 5.91 Å². The molecule has 2 heterocycles. The summed E-state index contributed by atoms with van der Waals surface area (Å²) < 4.78 is 0. The summed E-state index contributed by atoms with van der Waals surface area (Å²) >= 11 is 1.65. The summed E-state index contributed by atoms with van der Waals surface area (Å²) in [5.74, 6) is 0.621. The molecule has 1 N–H and O–H groups in total. The topological polar surface area (TPSA) is 58.1 Å². The number of aromatic nitrogens is 2. The Morgan fingerprint density at radius 3 is 2.76 bits per heavy atom. The molecule has 0 bridgehead atoms. The summed E-state index contributed by atoms with van der Waals surface area (Å²) in [6.07, 6.45) is 4.17. The van der Waals surface area contributed by atoms with Gasteiger partial charge in [-0.2, -0.15) is 0 Å². The molecule has 2 aromatic rings. The van der Waals surface area contributed by atoms with Gasteiger partial charge < -0.3 is 10.2 Å². The average molecular weight is 304 g/mol. The van der Waals surface area contributed by atoms with E-state index in [4.69, 9.17) is 0 Å². The molecule has 0 saturated heterocycles. The number of nitrogens with one attached hydrogen (secondary N) is 1. The largest absolute Gasteiger partial charge is 0.369 e. The van der Waals surface area contributed by atoms with Crippen LogP contribution in [0.5, 0.6) is 0 Å². The molecule has 0 aliphatic rings. The Kier molecular flexibility index (Phi) is 5.68. The predicted molar refractivity (Wildman–Crippen MR) is 85.5 cm³/mol. The molecule has 0 aromatic carbocycles. The van der Waals surface area contributed by atoms with Gasteiger partial charge in [0.05, 0.1) is 18.9 Å². The zero-order valence-corrected chi connectivity index (χ0v) is 13.2. The van der Waals surface area contributed by atoms with Crippen LogP contribution in [0.15, 0.2) is 29.9 Å². The van der Waals surface area contributed by atoms with E-state index in [0.717, 1.165) is 13.0 Å². The van der Waals surface area contributed by atoms with E-state index in [1.165, 1.54) is 11.1 Å². The minimum atomic E-state index is -0.0829. The summed E-state index contributed by atoms with van der Waals surface area (Å²) in [6, 6.07) is 4.02. The van der Waals surface area contributed by atoms with Crippen LogP contribution in [0, 0.1) is 0 Å². The fourth-order valence-electron chi connectivity index (χ4n) is 1.86. The first-order chi connectivity index (χ1) is 10.2. The van der Waals surface area contributed by atoms with Gasteiger partial charge in [-0.15, -0.1) is 11.3 Å². The number of anilines is 1. The van der Waals surface area contributed by atoms with Crippen molar-refractivity contribution in [2.75, 3.05) is 18.4 Å². The van der Waals surface area contributed by atoms with Crippen molar-refractivity contribution in [3.05, 3.63) is 40.5 Å². The van der Waals surface area contributed by atoms with Gasteiger partial charge in [-0.3, -0.25) is 4.79 Å². The Balaban J connectivity index is 2.03. The maximum atomic E-state index is 12.4. The lowest BCUT2D eigenvalue weighted by Gasteiger charge is -2.19. The van der Waals surface area contributed by atoms with Crippen LogP contribution in [0.4, 0.5) is 5.82 Å². The second kappa shape index (κ2) is 7.73. The molecule has 0 atom stereocenters. The molecule has 21 heavy (non-hydrogen) atoms. The Labute approximate surface area is 129 Å². The van der Waals surface area contributed by atoms with Gasteiger partial charge in [0.1, 0.15) is 11.5 Å². The van der Waals surface area contributed by atoms with Crippen LogP contribution in [0.25, 0.3) is 0 Å². The SMILES string of the molecule is CCCNc1cnc(C(=O)N(CC)Cc2cccs2)cn1. The molecule has 0 unspecified atom stereocenters. The number of nitrogens with zero attached hydrogens (tertiary/aromatic N) is 3. The molecule has 2 rings (SSSR count). The second-order valence-electron chi connectivity index (χ2n) is 4.61. The highest BCUT2D eigenvalue weighted by Crippen LogP contribution is 2.13. The van der Waals surface area contributed by atoms with Crippen molar-refractivity contribution in [1.29, 1.82) is 0 Å². The molecule has 0 aliphatic carbocycles. The third-order valence-electron chi connectivity index (χ3n) is 3.02. The third-order valence-corrected chi connectivity index (χ3v) is 3.88. The van der Waals surface area contributed by atoms with Crippen molar-refractivity contribution in [2.24, 2.45) is 0 Å². The van der Waals surface area contributed by atoms with E-state index in [2.05, 4.69) is 22.2 Å². The minimum absolute atomic E-state index is 0.0829. The summed E-state index contributed by atoms with van der Waals surface area (Å²) in [6.45, 7) is 6.17. The van der Waals surface area contributed by atoms with Crippen molar-refractivity contribution in [3.63, 3.8) is 0 Å². The number of amides is 1. The highest BCUT2D eigenvalue weighted by molar-refractivity contribution is 7.09. The van der Waals surface area contributed by atoms with Crippen LogP contribution < -0.4 is 5.32 Å². The van der Waals surface area contributed by atoms with Gasteiger partial charge in [0.2, 0.25) is 0 Å². The molecule has 1 amide bonds. The van der Waals surface area contributed by atoms with Crippen LogP contribution in [-0.2, 0) is 6.54 Å².